The number of hydrazine groups is 1. The highest BCUT2D eigenvalue weighted by molar-refractivity contribution is 6.08. The van der Waals surface area contributed by atoms with E-state index < -0.39 is 36.0 Å². The van der Waals surface area contributed by atoms with E-state index in [1.165, 1.54) is 0 Å². The van der Waals surface area contributed by atoms with E-state index in [0.29, 0.717) is 30.2 Å². The van der Waals surface area contributed by atoms with Crippen LogP contribution in [0.2, 0.25) is 0 Å². The van der Waals surface area contributed by atoms with Crippen LogP contribution in [-0.2, 0) is 14.3 Å². The van der Waals surface area contributed by atoms with Gasteiger partial charge in [-0.25, -0.2) is 9.59 Å². The zero-order valence-electron chi connectivity index (χ0n) is 17.1. The molecule has 0 unspecified atom stereocenters. The SMILES string of the molecule is CCCCOc1ccc(C(=O)OCC(=O)NN2C(=O)NC3(CCCCC3)C2=O)cc1. The van der Waals surface area contributed by atoms with E-state index in [4.69, 9.17) is 9.47 Å². The molecule has 1 saturated carbocycles. The van der Waals surface area contributed by atoms with Crippen molar-refractivity contribution in [1.29, 1.82) is 0 Å². The first-order valence-electron chi connectivity index (χ1n) is 10.3. The number of carbonyl (C=O) groups is 4. The minimum atomic E-state index is -0.930. The van der Waals surface area contributed by atoms with Crippen molar-refractivity contribution >= 4 is 23.8 Å². The second-order valence-corrected chi connectivity index (χ2v) is 7.55. The van der Waals surface area contributed by atoms with Crippen LogP contribution in [0.15, 0.2) is 24.3 Å². The molecule has 2 N–H and O–H groups in total. The third-order valence-electron chi connectivity index (χ3n) is 5.30. The van der Waals surface area contributed by atoms with Crippen molar-refractivity contribution in [2.45, 2.75) is 57.4 Å². The number of hydrogen-bond acceptors (Lipinski definition) is 6. The van der Waals surface area contributed by atoms with Crippen molar-refractivity contribution in [1.82, 2.24) is 15.8 Å². The zero-order chi connectivity index (χ0) is 21.6. The fourth-order valence-corrected chi connectivity index (χ4v) is 3.61. The van der Waals surface area contributed by atoms with Crippen molar-refractivity contribution in [3.8, 4) is 5.75 Å². The molecule has 1 aromatic rings. The molecule has 0 radical (unpaired) electrons. The van der Waals surface area contributed by atoms with Crippen molar-refractivity contribution < 1.29 is 28.7 Å². The third kappa shape index (κ3) is 4.90. The Morgan fingerprint density at radius 3 is 2.50 bits per heavy atom. The number of amides is 4. The number of urea groups is 1. The number of unbranched alkanes of at least 4 members (excludes halogenated alkanes) is 1. The number of imide groups is 1. The van der Waals surface area contributed by atoms with Crippen molar-refractivity contribution in [2.24, 2.45) is 0 Å². The molecule has 4 amide bonds. The molecule has 1 heterocycles. The van der Waals surface area contributed by atoms with E-state index in [0.717, 1.165) is 32.1 Å². The molecule has 0 aromatic heterocycles. The highest BCUT2D eigenvalue weighted by Gasteiger charge is 2.52. The summed E-state index contributed by atoms with van der Waals surface area (Å²) >= 11 is 0. The summed E-state index contributed by atoms with van der Waals surface area (Å²) in [7, 11) is 0. The number of carbonyl (C=O) groups excluding carboxylic acids is 4. The van der Waals surface area contributed by atoms with Gasteiger partial charge in [0.1, 0.15) is 11.3 Å². The summed E-state index contributed by atoms with van der Waals surface area (Å²) in [6.45, 7) is 2.06. The topological polar surface area (TPSA) is 114 Å². The largest absolute Gasteiger partial charge is 0.494 e. The van der Waals surface area contributed by atoms with Crippen LogP contribution in [0.25, 0.3) is 0 Å². The Labute approximate surface area is 175 Å². The van der Waals surface area contributed by atoms with Crippen LogP contribution in [0.4, 0.5) is 4.79 Å². The second kappa shape index (κ2) is 9.60. The van der Waals surface area contributed by atoms with Crippen molar-refractivity contribution in [3.05, 3.63) is 29.8 Å². The minimum Gasteiger partial charge on any atom is -0.494 e. The summed E-state index contributed by atoms with van der Waals surface area (Å²) in [5.41, 5.74) is 1.57. The second-order valence-electron chi connectivity index (χ2n) is 7.55. The Morgan fingerprint density at radius 1 is 1.13 bits per heavy atom. The summed E-state index contributed by atoms with van der Waals surface area (Å²) in [4.78, 5) is 49.0. The van der Waals surface area contributed by atoms with Crippen LogP contribution < -0.4 is 15.5 Å². The maximum absolute atomic E-state index is 12.6. The molecule has 1 aliphatic carbocycles. The number of nitrogens with zero attached hydrogens (tertiary/aromatic N) is 1. The smallest absolute Gasteiger partial charge is 0.344 e. The van der Waals surface area contributed by atoms with Gasteiger partial charge >= 0.3 is 12.0 Å². The Bertz CT molecular complexity index is 801. The monoisotopic (exact) mass is 417 g/mol. The van der Waals surface area contributed by atoms with Gasteiger partial charge in [-0.2, -0.15) is 5.01 Å². The average molecular weight is 417 g/mol. The number of benzene rings is 1. The van der Waals surface area contributed by atoms with Gasteiger partial charge in [0.25, 0.3) is 11.8 Å². The normalized spacial score (nSPS) is 17.6. The molecule has 1 saturated heterocycles. The standard InChI is InChI=1S/C21H27N3O6/c1-2-3-13-29-16-9-7-15(8-10-16)18(26)30-14-17(25)23-24-19(27)21(22-20(24)28)11-5-4-6-12-21/h7-10H,2-6,11-14H2,1H3,(H,22,28)(H,23,25). The third-order valence-corrected chi connectivity index (χ3v) is 5.30. The lowest BCUT2D eigenvalue weighted by atomic mass is 9.82. The lowest BCUT2D eigenvalue weighted by molar-refractivity contribution is -0.140. The predicted octanol–water partition coefficient (Wildman–Crippen LogP) is 2.31. The van der Waals surface area contributed by atoms with Crippen molar-refractivity contribution in [2.75, 3.05) is 13.2 Å². The summed E-state index contributed by atoms with van der Waals surface area (Å²) in [6.07, 6.45) is 5.77. The predicted molar refractivity (Wildman–Crippen MR) is 106 cm³/mol. The first-order chi connectivity index (χ1) is 14.4. The quantitative estimate of drug-likeness (QED) is 0.381. The van der Waals surface area contributed by atoms with E-state index in [2.05, 4.69) is 17.7 Å². The highest BCUT2D eigenvalue weighted by Crippen LogP contribution is 2.32. The maximum Gasteiger partial charge on any atom is 0.344 e. The van der Waals surface area contributed by atoms with Gasteiger partial charge in [-0.1, -0.05) is 32.6 Å². The van der Waals surface area contributed by atoms with E-state index in [9.17, 15) is 19.2 Å². The minimum absolute atomic E-state index is 0.266. The number of ether oxygens (including phenoxy) is 2. The van der Waals surface area contributed by atoms with Gasteiger partial charge in [-0.3, -0.25) is 15.0 Å². The van der Waals surface area contributed by atoms with Gasteiger partial charge < -0.3 is 14.8 Å². The maximum atomic E-state index is 12.6. The first-order valence-corrected chi connectivity index (χ1v) is 10.3. The van der Waals surface area contributed by atoms with E-state index in [1.807, 2.05) is 0 Å². The van der Waals surface area contributed by atoms with E-state index in [1.54, 1.807) is 24.3 Å². The van der Waals surface area contributed by atoms with Crippen LogP contribution >= 0.6 is 0 Å². The van der Waals surface area contributed by atoms with Crippen molar-refractivity contribution in [3.63, 3.8) is 0 Å². The van der Waals surface area contributed by atoms with Gasteiger partial charge in [0.05, 0.1) is 12.2 Å². The molecule has 3 rings (SSSR count). The van der Waals surface area contributed by atoms with Gasteiger partial charge in [-0.15, -0.1) is 0 Å². The summed E-state index contributed by atoms with van der Waals surface area (Å²) in [5, 5.41) is 3.38. The molecule has 1 aromatic carbocycles. The molecule has 9 nitrogen and oxygen atoms in total. The Hall–Kier alpha value is -3.10. The molecule has 2 fully saturated rings. The molecule has 2 aliphatic rings. The fraction of sp³-hybridized carbons (Fsp3) is 0.524. The van der Waals surface area contributed by atoms with Gasteiger partial charge in [-0.05, 0) is 43.5 Å². The van der Waals surface area contributed by atoms with Crippen LogP contribution in [0.1, 0.15) is 62.2 Å². The molecule has 162 valence electrons. The number of rotatable bonds is 8. The van der Waals surface area contributed by atoms with Crippen LogP contribution in [0.3, 0.4) is 0 Å². The zero-order valence-corrected chi connectivity index (χ0v) is 17.1. The van der Waals surface area contributed by atoms with Gasteiger partial charge in [0.2, 0.25) is 0 Å². The van der Waals surface area contributed by atoms with Crippen LogP contribution in [-0.4, -0.2) is 47.6 Å². The summed E-state index contributed by atoms with van der Waals surface area (Å²) < 4.78 is 10.5. The Morgan fingerprint density at radius 2 is 1.83 bits per heavy atom. The lowest BCUT2D eigenvalue weighted by Crippen LogP contribution is -2.51. The molecular formula is C21H27N3O6. The molecule has 30 heavy (non-hydrogen) atoms. The fourth-order valence-electron chi connectivity index (χ4n) is 3.61. The highest BCUT2D eigenvalue weighted by atomic mass is 16.5. The number of nitrogens with one attached hydrogen (secondary N) is 2. The number of esters is 1. The van der Waals surface area contributed by atoms with Gasteiger partial charge in [0, 0.05) is 0 Å². The summed E-state index contributed by atoms with van der Waals surface area (Å²) in [5.74, 6) is -1.27. The summed E-state index contributed by atoms with van der Waals surface area (Å²) in [6, 6.07) is 5.74. The molecule has 1 spiro atoms. The lowest BCUT2D eigenvalue weighted by Gasteiger charge is -2.30. The molecule has 0 bridgehead atoms. The first kappa shape index (κ1) is 21.6. The van der Waals surface area contributed by atoms with E-state index in [-0.39, 0.29) is 5.56 Å². The molecule has 1 aliphatic heterocycles. The number of hydrogen-bond donors (Lipinski definition) is 2. The molecule has 9 heteroatoms. The Kier molecular flexibility index (Phi) is 6.91. The Balaban J connectivity index is 1.48. The van der Waals surface area contributed by atoms with E-state index >= 15 is 0 Å². The molecule has 0 atom stereocenters. The van der Waals surface area contributed by atoms with Crippen LogP contribution in [0, 0.1) is 0 Å². The average Bonchev–Trinajstić information content (AvgIpc) is 2.97. The van der Waals surface area contributed by atoms with Crippen LogP contribution in [0.5, 0.6) is 5.75 Å². The molecular weight excluding hydrogens is 390 g/mol. The van der Waals surface area contributed by atoms with Gasteiger partial charge in [0.15, 0.2) is 6.61 Å².